The second kappa shape index (κ2) is 5.52. The third-order valence-corrected chi connectivity index (χ3v) is 3.30. The lowest BCUT2D eigenvalue weighted by atomic mass is 10.1. The molecule has 100 valence electrons. The van der Waals surface area contributed by atoms with Crippen LogP contribution in [-0.4, -0.2) is 40.0 Å². The fourth-order valence-electron chi connectivity index (χ4n) is 2.40. The first kappa shape index (κ1) is 13.1. The maximum absolute atomic E-state index is 12.3. The number of rotatable bonds is 3. The zero-order valence-corrected chi connectivity index (χ0v) is 11.4. The van der Waals surface area contributed by atoms with Gasteiger partial charge < -0.3 is 14.8 Å². The third-order valence-electron chi connectivity index (χ3n) is 3.30. The number of nitrogens with one attached hydrogen (secondary N) is 1. The Bertz CT molecular complexity index is 413. The van der Waals surface area contributed by atoms with Gasteiger partial charge in [-0.25, -0.2) is 4.98 Å². The molecule has 0 aliphatic carbocycles. The molecule has 5 nitrogen and oxygen atoms in total. The standard InChI is InChI=1S/C13H22N4O/c1-10(2)8-12(18)17-7-4-14-9-11(17)13-15-5-6-16(13)3/h5-6,10-11,14H,4,7-9H2,1-3H3. The van der Waals surface area contributed by atoms with E-state index in [0.717, 1.165) is 25.5 Å². The topological polar surface area (TPSA) is 50.2 Å². The van der Waals surface area contributed by atoms with Gasteiger partial charge in [0.15, 0.2) is 0 Å². The lowest BCUT2D eigenvalue weighted by Crippen LogP contribution is -2.49. The average Bonchev–Trinajstić information content (AvgIpc) is 2.74. The number of nitrogens with zero attached hydrogens (tertiary/aromatic N) is 3. The molecule has 1 aliphatic heterocycles. The maximum atomic E-state index is 12.3. The molecule has 0 aromatic carbocycles. The lowest BCUT2D eigenvalue weighted by Gasteiger charge is -2.36. The molecule has 0 saturated carbocycles. The molecule has 1 N–H and O–H groups in total. The smallest absolute Gasteiger partial charge is 0.223 e. The molecule has 2 heterocycles. The molecule has 0 bridgehead atoms. The SMILES string of the molecule is CC(C)CC(=O)N1CCNCC1c1nccn1C. The van der Waals surface area contributed by atoms with Crippen molar-refractivity contribution in [3.05, 3.63) is 18.2 Å². The van der Waals surface area contributed by atoms with Crippen molar-refractivity contribution in [2.45, 2.75) is 26.3 Å². The Hall–Kier alpha value is -1.36. The molecule has 1 aliphatic rings. The van der Waals surface area contributed by atoms with Gasteiger partial charge in [-0.3, -0.25) is 4.79 Å². The van der Waals surface area contributed by atoms with Crippen LogP contribution in [0.4, 0.5) is 0 Å². The van der Waals surface area contributed by atoms with Crippen LogP contribution in [0.2, 0.25) is 0 Å². The minimum absolute atomic E-state index is 0.0602. The van der Waals surface area contributed by atoms with Gasteiger partial charge in [0, 0.05) is 45.5 Å². The quantitative estimate of drug-likeness (QED) is 0.868. The van der Waals surface area contributed by atoms with Gasteiger partial charge in [0.05, 0.1) is 0 Å². The van der Waals surface area contributed by atoms with Crippen LogP contribution < -0.4 is 5.32 Å². The van der Waals surface area contributed by atoms with E-state index in [0.29, 0.717) is 12.3 Å². The van der Waals surface area contributed by atoms with Gasteiger partial charge >= 0.3 is 0 Å². The molecule has 0 spiro atoms. The molecule has 1 atom stereocenters. The normalized spacial score (nSPS) is 20.4. The van der Waals surface area contributed by atoms with Crippen LogP contribution in [0.15, 0.2) is 12.4 Å². The summed E-state index contributed by atoms with van der Waals surface area (Å²) in [6, 6.07) is 0.0602. The van der Waals surface area contributed by atoms with Crippen LogP contribution in [0, 0.1) is 5.92 Å². The summed E-state index contributed by atoms with van der Waals surface area (Å²) in [5.74, 6) is 1.59. The second-order valence-corrected chi connectivity index (χ2v) is 5.30. The molecule has 5 heteroatoms. The first-order valence-electron chi connectivity index (χ1n) is 6.57. The highest BCUT2D eigenvalue weighted by Crippen LogP contribution is 2.22. The summed E-state index contributed by atoms with van der Waals surface area (Å²) in [7, 11) is 1.97. The van der Waals surface area contributed by atoms with E-state index in [9.17, 15) is 4.79 Å². The van der Waals surface area contributed by atoms with E-state index in [-0.39, 0.29) is 11.9 Å². The Labute approximate surface area is 108 Å². The molecule has 1 fully saturated rings. The van der Waals surface area contributed by atoms with Gasteiger partial charge in [-0.1, -0.05) is 13.8 Å². The Morgan fingerprint density at radius 2 is 2.39 bits per heavy atom. The van der Waals surface area contributed by atoms with Crippen LogP contribution in [0.3, 0.4) is 0 Å². The van der Waals surface area contributed by atoms with Crippen molar-refractivity contribution in [1.29, 1.82) is 0 Å². The zero-order chi connectivity index (χ0) is 13.1. The van der Waals surface area contributed by atoms with Crippen molar-refractivity contribution in [2.75, 3.05) is 19.6 Å². The maximum Gasteiger partial charge on any atom is 0.223 e. The lowest BCUT2D eigenvalue weighted by molar-refractivity contribution is -0.135. The van der Waals surface area contributed by atoms with Crippen molar-refractivity contribution >= 4 is 5.91 Å². The first-order valence-corrected chi connectivity index (χ1v) is 6.57. The monoisotopic (exact) mass is 250 g/mol. The Balaban J connectivity index is 2.16. The highest BCUT2D eigenvalue weighted by Gasteiger charge is 2.30. The number of hydrogen-bond donors (Lipinski definition) is 1. The van der Waals surface area contributed by atoms with Crippen molar-refractivity contribution in [2.24, 2.45) is 13.0 Å². The Kier molecular flexibility index (Phi) is 4.01. The predicted molar refractivity (Wildman–Crippen MR) is 70.0 cm³/mol. The molecule has 0 radical (unpaired) electrons. The summed E-state index contributed by atoms with van der Waals surface area (Å²) in [5.41, 5.74) is 0. The van der Waals surface area contributed by atoms with Gasteiger partial charge in [0.1, 0.15) is 11.9 Å². The highest BCUT2D eigenvalue weighted by atomic mass is 16.2. The summed E-state index contributed by atoms with van der Waals surface area (Å²) in [6.07, 6.45) is 4.32. The van der Waals surface area contributed by atoms with E-state index in [2.05, 4.69) is 24.1 Å². The minimum atomic E-state index is 0.0602. The van der Waals surface area contributed by atoms with Crippen molar-refractivity contribution in [3.63, 3.8) is 0 Å². The highest BCUT2D eigenvalue weighted by molar-refractivity contribution is 5.77. The van der Waals surface area contributed by atoms with E-state index in [4.69, 9.17) is 0 Å². The Morgan fingerprint density at radius 1 is 1.61 bits per heavy atom. The molecular formula is C13H22N4O. The summed E-state index contributed by atoms with van der Waals surface area (Å²) >= 11 is 0. The van der Waals surface area contributed by atoms with Gasteiger partial charge in [0.25, 0.3) is 0 Å². The molecule has 1 saturated heterocycles. The van der Waals surface area contributed by atoms with Gasteiger partial charge in [-0.05, 0) is 5.92 Å². The fraction of sp³-hybridized carbons (Fsp3) is 0.692. The Morgan fingerprint density at radius 3 is 3.00 bits per heavy atom. The predicted octanol–water partition coefficient (Wildman–Crippen LogP) is 0.939. The van der Waals surface area contributed by atoms with Crippen LogP contribution in [0.5, 0.6) is 0 Å². The molecule has 2 rings (SSSR count). The number of hydrogen-bond acceptors (Lipinski definition) is 3. The molecular weight excluding hydrogens is 228 g/mol. The summed E-state index contributed by atoms with van der Waals surface area (Å²) in [6.45, 7) is 6.58. The van der Waals surface area contributed by atoms with Gasteiger partial charge in [0.2, 0.25) is 5.91 Å². The van der Waals surface area contributed by atoms with Crippen LogP contribution >= 0.6 is 0 Å². The van der Waals surface area contributed by atoms with E-state index in [1.807, 2.05) is 22.7 Å². The molecule has 1 amide bonds. The number of carbonyl (C=O) groups is 1. The third kappa shape index (κ3) is 2.72. The fourth-order valence-corrected chi connectivity index (χ4v) is 2.40. The van der Waals surface area contributed by atoms with Crippen LogP contribution in [0.25, 0.3) is 0 Å². The largest absolute Gasteiger partial charge is 0.336 e. The second-order valence-electron chi connectivity index (χ2n) is 5.30. The van der Waals surface area contributed by atoms with Crippen molar-refractivity contribution in [3.8, 4) is 0 Å². The summed E-state index contributed by atoms with van der Waals surface area (Å²) < 4.78 is 1.99. The van der Waals surface area contributed by atoms with Gasteiger partial charge in [-0.2, -0.15) is 0 Å². The van der Waals surface area contributed by atoms with Crippen LogP contribution in [0.1, 0.15) is 32.1 Å². The number of carbonyl (C=O) groups excluding carboxylic acids is 1. The van der Waals surface area contributed by atoms with Gasteiger partial charge in [-0.15, -0.1) is 0 Å². The number of aromatic nitrogens is 2. The van der Waals surface area contributed by atoms with E-state index < -0.39 is 0 Å². The minimum Gasteiger partial charge on any atom is -0.336 e. The van der Waals surface area contributed by atoms with E-state index in [1.54, 1.807) is 6.20 Å². The first-order chi connectivity index (χ1) is 8.59. The number of piperazine rings is 1. The summed E-state index contributed by atoms with van der Waals surface area (Å²) in [5, 5.41) is 3.34. The van der Waals surface area contributed by atoms with Crippen LogP contribution in [-0.2, 0) is 11.8 Å². The molecule has 1 aromatic rings. The number of amides is 1. The van der Waals surface area contributed by atoms with E-state index >= 15 is 0 Å². The number of imidazole rings is 1. The zero-order valence-electron chi connectivity index (χ0n) is 11.4. The van der Waals surface area contributed by atoms with Crippen molar-refractivity contribution < 1.29 is 4.79 Å². The molecule has 1 aromatic heterocycles. The van der Waals surface area contributed by atoms with E-state index in [1.165, 1.54) is 0 Å². The number of aryl methyl sites for hydroxylation is 1. The van der Waals surface area contributed by atoms with Crippen molar-refractivity contribution in [1.82, 2.24) is 19.8 Å². The molecule has 18 heavy (non-hydrogen) atoms. The molecule has 1 unspecified atom stereocenters. The average molecular weight is 250 g/mol. The summed E-state index contributed by atoms with van der Waals surface area (Å²) in [4.78, 5) is 18.6.